The topological polar surface area (TPSA) is 35.2 Å². The summed E-state index contributed by atoms with van der Waals surface area (Å²) in [6.07, 6.45) is 8.52. The quantitative estimate of drug-likeness (QED) is 0.803. The molecule has 0 aromatic carbocycles. The molecule has 2 fully saturated rings. The van der Waals surface area contributed by atoms with Gasteiger partial charge in [-0.1, -0.05) is 26.7 Å². The summed E-state index contributed by atoms with van der Waals surface area (Å²) in [6.45, 7) is 4.66. The van der Waals surface area contributed by atoms with Crippen LogP contribution in [0.5, 0.6) is 0 Å². The van der Waals surface area contributed by atoms with E-state index < -0.39 is 0 Å². The number of methoxy groups -OCH3 is 1. The fourth-order valence-corrected chi connectivity index (χ4v) is 4.05. The highest BCUT2D eigenvalue weighted by Crippen LogP contribution is 2.41. The molecular weight excluding hydrogens is 210 g/mol. The van der Waals surface area contributed by atoms with E-state index in [4.69, 9.17) is 10.5 Å². The van der Waals surface area contributed by atoms with Gasteiger partial charge in [0, 0.05) is 13.2 Å². The van der Waals surface area contributed by atoms with Gasteiger partial charge in [0.2, 0.25) is 0 Å². The minimum Gasteiger partial charge on any atom is -0.381 e. The van der Waals surface area contributed by atoms with Gasteiger partial charge in [-0.2, -0.15) is 0 Å². The maximum absolute atomic E-state index is 6.47. The predicted molar refractivity (Wildman–Crippen MR) is 71.8 cm³/mol. The van der Waals surface area contributed by atoms with Crippen LogP contribution >= 0.6 is 0 Å². The molecule has 17 heavy (non-hydrogen) atoms. The lowest BCUT2D eigenvalue weighted by molar-refractivity contribution is -0.0126. The average Bonchev–Trinajstić information content (AvgIpc) is 2.34. The van der Waals surface area contributed by atoms with Crippen molar-refractivity contribution in [2.75, 3.05) is 7.11 Å². The van der Waals surface area contributed by atoms with Crippen molar-refractivity contribution in [1.29, 1.82) is 0 Å². The lowest BCUT2D eigenvalue weighted by Crippen LogP contribution is -2.49. The third kappa shape index (κ3) is 2.85. The second-order valence-corrected chi connectivity index (χ2v) is 6.47. The van der Waals surface area contributed by atoms with Gasteiger partial charge in [0.15, 0.2) is 0 Å². The third-order valence-electron chi connectivity index (χ3n) is 5.44. The molecule has 2 rings (SSSR count). The smallest absolute Gasteiger partial charge is 0.0611 e. The Morgan fingerprint density at radius 2 is 1.59 bits per heavy atom. The molecule has 2 aliphatic rings. The summed E-state index contributed by atoms with van der Waals surface area (Å²) in [7, 11) is 1.83. The molecule has 0 aromatic heterocycles. The van der Waals surface area contributed by atoms with Gasteiger partial charge in [-0.05, 0) is 49.4 Å². The lowest BCUT2D eigenvalue weighted by atomic mass is 9.66. The zero-order valence-electron chi connectivity index (χ0n) is 11.7. The normalized spacial score (nSPS) is 48.0. The van der Waals surface area contributed by atoms with Gasteiger partial charge in [-0.3, -0.25) is 0 Å². The van der Waals surface area contributed by atoms with E-state index in [9.17, 15) is 0 Å². The molecule has 2 saturated carbocycles. The van der Waals surface area contributed by atoms with Crippen LogP contribution in [0.1, 0.15) is 52.4 Å². The monoisotopic (exact) mass is 239 g/mol. The molecule has 4 atom stereocenters. The summed E-state index contributed by atoms with van der Waals surface area (Å²) in [4.78, 5) is 0. The highest BCUT2D eigenvalue weighted by atomic mass is 16.5. The molecule has 0 heterocycles. The first-order chi connectivity index (χ1) is 8.13. The van der Waals surface area contributed by atoms with Crippen LogP contribution in [0.3, 0.4) is 0 Å². The van der Waals surface area contributed by atoms with Gasteiger partial charge in [0.25, 0.3) is 0 Å². The molecule has 0 amide bonds. The van der Waals surface area contributed by atoms with Crippen LogP contribution in [0.4, 0.5) is 0 Å². The van der Waals surface area contributed by atoms with Gasteiger partial charge < -0.3 is 10.5 Å². The number of ether oxygens (including phenoxy) is 1. The van der Waals surface area contributed by atoms with E-state index >= 15 is 0 Å². The Balaban J connectivity index is 1.93. The molecule has 2 heteroatoms. The fourth-order valence-electron chi connectivity index (χ4n) is 4.05. The first-order valence-electron chi connectivity index (χ1n) is 7.41. The minimum atomic E-state index is 0.354. The van der Waals surface area contributed by atoms with Crippen molar-refractivity contribution in [2.45, 2.75) is 64.5 Å². The van der Waals surface area contributed by atoms with E-state index in [1.54, 1.807) is 0 Å². The van der Waals surface area contributed by atoms with E-state index in [1.807, 2.05) is 7.11 Å². The summed E-state index contributed by atoms with van der Waals surface area (Å²) >= 11 is 0. The van der Waals surface area contributed by atoms with E-state index in [0.29, 0.717) is 18.1 Å². The summed E-state index contributed by atoms with van der Waals surface area (Å²) < 4.78 is 5.55. The largest absolute Gasteiger partial charge is 0.381 e. The molecule has 2 N–H and O–H groups in total. The first-order valence-corrected chi connectivity index (χ1v) is 7.41. The zero-order chi connectivity index (χ0) is 12.4. The second-order valence-electron chi connectivity index (χ2n) is 6.47. The zero-order valence-corrected chi connectivity index (χ0v) is 11.7. The van der Waals surface area contributed by atoms with E-state index in [1.165, 1.54) is 38.5 Å². The maximum atomic E-state index is 6.47. The van der Waals surface area contributed by atoms with Gasteiger partial charge >= 0.3 is 0 Å². The van der Waals surface area contributed by atoms with Crippen molar-refractivity contribution in [3.05, 3.63) is 0 Å². The number of hydrogen-bond acceptors (Lipinski definition) is 2. The molecule has 2 nitrogen and oxygen atoms in total. The Hall–Kier alpha value is -0.0800. The maximum Gasteiger partial charge on any atom is 0.0611 e. The van der Waals surface area contributed by atoms with Crippen molar-refractivity contribution in [1.82, 2.24) is 0 Å². The summed E-state index contributed by atoms with van der Waals surface area (Å²) in [5.74, 6) is 3.11. The van der Waals surface area contributed by atoms with Gasteiger partial charge in [0.05, 0.1) is 6.10 Å². The number of nitrogens with two attached hydrogens (primary N) is 1. The Kier molecular flexibility index (Phi) is 4.48. The first kappa shape index (κ1) is 13.4. The molecular formula is C15H29NO. The summed E-state index contributed by atoms with van der Waals surface area (Å²) in [5.41, 5.74) is 6.47. The Morgan fingerprint density at radius 3 is 2.18 bits per heavy atom. The summed E-state index contributed by atoms with van der Waals surface area (Å²) in [5, 5.41) is 0. The molecule has 0 spiro atoms. The molecule has 0 aliphatic heterocycles. The van der Waals surface area contributed by atoms with Crippen molar-refractivity contribution in [3.8, 4) is 0 Å². The average molecular weight is 239 g/mol. The third-order valence-corrected chi connectivity index (χ3v) is 5.44. The van der Waals surface area contributed by atoms with Crippen molar-refractivity contribution < 1.29 is 4.74 Å². The molecule has 0 aromatic rings. The molecule has 2 aliphatic carbocycles. The van der Waals surface area contributed by atoms with Crippen LogP contribution in [0.25, 0.3) is 0 Å². The predicted octanol–water partition coefficient (Wildman–Crippen LogP) is 3.20. The standard InChI is InChI=1S/C15H29NO/c1-10-4-6-12(7-5-10)13-8-9-14(17-3)11(2)15(13)16/h10-15H,4-9,16H2,1-3H3. The highest BCUT2D eigenvalue weighted by Gasteiger charge is 2.39. The molecule has 0 bridgehead atoms. The van der Waals surface area contributed by atoms with Crippen LogP contribution in [0.15, 0.2) is 0 Å². The lowest BCUT2D eigenvalue weighted by Gasteiger charge is -2.44. The van der Waals surface area contributed by atoms with E-state index in [2.05, 4.69) is 13.8 Å². The van der Waals surface area contributed by atoms with Gasteiger partial charge in [0.1, 0.15) is 0 Å². The molecule has 100 valence electrons. The fraction of sp³-hybridized carbons (Fsp3) is 1.00. The Labute approximate surface area is 106 Å². The van der Waals surface area contributed by atoms with Crippen molar-refractivity contribution in [2.24, 2.45) is 29.4 Å². The molecule has 4 unspecified atom stereocenters. The van der Waals surface area contributed by atoms with Crippen molar-refractivity contribution >= 4 is 0 Å². The second kappa shape index (κ2) is 5.71. The van der Waals surface area contributed by atoms with Crippen LogP contribution in [0.2, 0.25) is 0 Å². The molecule has 0 radical (unpaired) electrons. The van der Waals surface area contributed by atoms with Crippen LogP contribution < -0.4 is 5.73 Å². The highest BCUT2D eigenvalue weighted by molar-refractivity contribution is 4.92. The Morgan fingerprint density at radius 1 is 0.941 bits per heavy atom. The van der Waals surface area contributed by atoms with Crippen LogP contribution in [0, 0.1) is 23.7 Å². The number of rotatable bonds is 2. The van der Waals surface area contributed by atoms with E-state index in [0.717, 1.165) is 17.8 Å². The van der Waals surface area contributed by atoms with Gasteiger partial charge in [-0.15, -0.1) is 0 Å². The number of hydrogen-bond donors (Lipinski definition) is 1. The van der Waals surface area contributed by atoms with Crippen molar-refractivity contribution in [3.63, 3.8) is 0 Å². The van der Waals surface area contributed by atoms with Gasteiger partial charge in [-0.25, -0.2) is 0 Å². The summed E-state index contributed by atoms with van der Waals surface area (Å²) in [6, 6.07) is 0.354. The minimum absolute atomic E-state index is 0.354. The van der Waals surface area contributed by atoms with Crippen LogP contribution in [-0.4, -0.2) is 19.3 Å². The van der Waals surface area contributed by atoms with Crippen LogP contribution in [-0.2, 0) is 4.74 Å². The molecule has 0 saturated heterocycles. The SMILES string of the molecule is COC1CCC(C2CCC(C)CC2)C(N)C1C. The Bertz CT molecular complexity index is 233. The van der Waals surface area contributed by atoms with E-state index in [-0.39, 0.29) is 0 Å².